The van der Waals surface area contributed by atoms with Crippen molar-refractivity contribution in [2.45, 2.75) is 17.5 Å². The highest BCUT2D eigenvalue weighted by Gasteiger charge is 2.19. The lowest BCUT2D eigenvalue weighted by Crippen LogP contribution is -2.14. The fourth-order valence-corrected chi connectivity index (χ4v) is 3.28. The minimum atomic E-state index is -0.330. The standard InChI is InChI=1S/C15H13FN4O3S/c16-11-4-9-6-21-8-23-13(9)10(5-11)7-24-15-19-18-14(20(15)17)12-2-1-3-22-12/h1-5H,6-8,17H2. The Morgan fingerprint density at radius 2 is 2.25 bits per heavy atom. The molecule has 4 rings (SSSR count). The van der Waals surface area contributed by atoms with Gasteiger partial charge in [-0.3, -0.25) is 0 Å². The summed E-state index contributed by atoms with van der Waals surface area (Å²) in [5.74, 6) is 7.73. The minimum Gasteiger partial charge on any atom is -0.467 e. The van der Waals surface area contributed by atoms with Crippen molar-refractivity contribution in [3.63, 3.8) is 0 Å². The van der Waals surface area contributed by atoms with Gasteiger partial charge in [0.1, 0.15) is 11.6 Å². The van der Waals surface area contributed by atoms with E-state index in [4.69, 9.17) is 19.7 Å². The summed E-state index contributed by atoms with van der Waals surface area (Å²) in [5, 5.41) is 8.57. The summed E-state index contributed by atoms with van der Waals surface area (Å²) in [4.78, 5) is 0. The van der Waals surface area contributed by atoms with Crippen molar-refractivity contribution < 1.29 is 18.3 Å². The molecule has 0 radical (unpaired) electrons. The molecule has 3 aromatic rings. The van der Waals surface area contributed by atoms with Crippen molar-refractivity contribution in [3.05, 3.63) is 47.5 Å². The Morgan fingerprint density at radius 3 is 3.08 bits per heavy atom. The second-order valence-electron chi connectivity index (χ2n) is 5.11. The van der Waals surface area contributed by atoms with Gasteiger partial charge in [-0.1, -0.05) is 11.8 Å². The van der Waals surface area contributed by atoms with Crippen LogP contribution in [0.5, 0.6) is 5.75 Å². The van der Waals surface area contributed by atoms with Gasteiger partial charge < -0.3 is 19.7 Å². The number of aromatic nitrogens is 3. The maximum atomic E-state index is 13.8. The number of benzene rings is 1. The van der Waals surface area contributed by atoms with Gasteiger partial charge in [0.25, 0.3) is 0 Å². The fourth-order valence-electron chi connectivity index (χ4n) is 2.46. The van der Waals surface area contributed by atoms with Crippen LogP contribution in [0.4, 0.5) is 4.39 Å². The molecule has 1 aliphatic heterocycles. The predicted octanol–water partition coefficient (Wildman–Crippen LogP) is 2.55. The lowest BCUT2D eigenvalue weighted by molar-refractivity contribution is -0.0171. The number of rotatable bonds is 4. The predicted molar refractivity (Wildman–Crippen MR) is 84.1 cm³/mol. The van der Waals surface area contributed by atoms with Crippen molar-refractivity contribution in [2.24, 2.45) is 0 Å². The lowest BCUT2D eigenvalue weighted by Gasteiger charge is -2.20. The second kappa shape index (κ2) is 6.17. The Labute approximate surface area is 140 Å². The zero-order valence-corrected chi connectivity index (χ0v) is 13.3. The number of thioether (sulfide) groups is 1. The highest BCUT2D eigenvalue weighted by molar-refractivity contribution is 7.98. The maximum Gasteiger partial charge on any atom is 0.218 e. The van der Waals surface area contributed by atoms with Crippen molar-refractivity contribution in [3.8, 4) is 17.3 Å². The number of nitrogen functional groups attached to an aromatic ring is 1. The Kier molecular flexibility index (Phi) is 3.87. The number of nitrogens with two attached hydrogens (primary N) is 1. The quantitative estimate of drug-likeness (QED) is 0.572. The van der Waals surface area contributed by atoms with Gasteiger partial charge in [-0.05, 0) is 24.3 Å². The Morgan fingerprint density at radius 1 is 1.33 bits per heavy atom. The van der Waals surface area contributed by atoms with Crippen LogP contribution in [0.2, 0.25) is 0 Å². The summed E-state index contributed by atoms with van der Waals surface area (Å²) < 4.78 is 31.1. The molecule has 9 heteroatoms. The van der Waals surface area contributed by atoms with E-state index in [0.717, 1.165) is 5.56 Å². The van der Waals surface area contributed by atoms with Crippen molar-refractivity contribution in [1.82, 2.24) is 14.9 Å². The van der Waals surface area contributed by atoms with Crippen LogP contribution in [0.15, 0.2) is 40.1 Å². The first-order valence-electron chi connectivity index (χ1n) is 7.11. The van der Waals surface area contributed by atoms with Crippen molar-refractivity contribution in [2.75, 3.05) is 12.6 Å². The third kappa shape index (κ3) is 2.72. The number of furan rings is 1. The molecule has 7 nitrogen and oxygen atoms in total. The molecule has 0 fully saturated rings. The molecule has 124 valence electrons. The third-order valence-electron chi connectivity index (χ3n) is 3.51. The first-order chi connectivity index (χ1) is 11.7. The SMILES string of the molecule is Nn1c(SCc2cc(F)cc3c2OCOC3)nnc1-c1ccco1. The molecule has 2 N–H and O–H groups in total. The molecule has 1 aromatic carbocycles. The minimum absolute atomic E-state index is 0.159. The van der Waals surface area contributed by atoms with E-state index in [1.165, 1.54) is 34.8 Å². The smallest absolute Gasteiger partial charge is 0.218 e. The van der Waals surface area contributed by atoms with Crippen LogP contribution >= 0.6 is 11.8 Å². The summed E-state index contributed by atoms with van der Waals surface area (Å²) in [6.07, 6.45) is 1.54. The van der Waals surface area contributed by atoms with E-state index in [1.807, 2.05) is 0 Å². The molecule has 0 aliphatic carbocycles. The van der Waals surface area contributed by atoms with E-state index < -0.39 is 0 Å². The molecule has 0 atom stereocenters. The van der Waals surface area contributed by atoms with E-state index in [0.29, 0.717) is 40.4 Å². The van der Waals surface area contributed by atoms with Crippen LogP contribution in [-0.4, -0.2) is 21.7 Å². The zero-order valence-electron chi connectivity index (χ0n) is 12.4. The summed E-state index contributed by atoms with van der Waals surface area (Å²) in [7, 11) is 0. The number of fused-ring (bicyclic) bond motifs is 1. The molecule has 0 unspecified atom stereocenters. The first kappa shape index (κ1) is 15.0. The normalized spacial score (nSPS) is 13.5. The molecule has 0 spiro atoms. The summed E-state index contributed by atoms with van der Waals surface area (Å²) in [5.41, 5.74) is 1.42. The van der Waals surface area contributed by atoms with Crippen molar-refractivity contribution in [1.29, 1.82) is 0 Å². The first-order valence-corrected chi connectivity index (χ1v) is 8.10. The second-order valence-corrected chi connectivity index (χ2v) is 6.05. The van der Waals surface area contributed by atoms with Gasteiger partial charge in [-0.2, -0.15) is 0 Å². The molecular formula is C15H13FN4O3S. The molecule has 2 aromatic heterocycles. The molecular weight excluding hydrogens is 335 g/mol. The molecule has 0 bridgehead atoms. The van der Waals surface area contributed by atoms with Crippen LogP contribution in [0, 0.1) is 5.82 Å². The fraction of sp³-hybridized carbons (Fsp3) is 0.200. The van der Waals surface area contributed by atoms with Crippen LogP contribution in [0.25, 0.3) is 11.6 Å². The monoisotopic (exact) mass is 348 g/mol. The topological polar surface area (TPSA) is 88.3 Å². The summed E-state index contributed by atoms with van der Waals surface area (Å²) in [6, 6.07) is 6.36. The average molecular weight is 348 g/mol. The van der Waals surface area contributed by atoms with Gasteiger partial charge in [0.05, 0.1) is 12.9 Å². The van der Waals surface area contributed by atoms with Crippen LogP contribution in [0.3, 0.4) is 0 Å². The van der Waals surface area contributed by atoms with Crippen LogP contribution < -0.4 is 10.6 Å². The maximum absolute atomic E-state index is 13.8. The highest BCUT2D eigenvalue weighted by Crippen LogP contribution is 2.33. The van der Waals surface area contributed by atoms with E-state index >= 15 is 0 Å². The van der Waals surface area contributed by atoms with E-state index in [9.17, 15) is 4.39 Å². The summed E-state index contributed by atoms with van der Waals surface area (Å²) >= 11 is 1.33. The van der Waals surface area contributed by atoms with E-state index in [2.05, 4.69) is 10.2 Å². The zero-order chi connectivity index (χ0) is 16.5. The van der Waals surface area contributed by atoms with Gasteiger partial charge >= 0.3 is 0 Å². The summed E-state index contributed by atoms with van der Waals surface area (Å²) in [6.45, 7) is 0.493. The highest BCUT2D eigenvalue weighted by atomic mass is 32.2. The average Bonchev–Trinajstić information content (AvgIpc) is 3.22. The molecule has 0 saturated heterocycles. The van der Waals surface area contributed by atoms with Gasteiger partial charge in [0, 0.05) is 16.9 Å². The Hall–Kier alpha value is -2.52. The molecule has 24 heavy (non-hydrogen) atoms. The van der Waals surface area contributed by atoms with Crippen LogP contribution in [0.1, 0.15) is 11.1 Å². The number of halogens is 1. The molecule has 1 aliphatic rings. The van der Waals surface area contributed by atoms with Gasteiger partial charge in [0.15, 0.2) is 12.6 Å². The Bertz CT molecular complexity index is 866. The third-order valence-corrected chi connectivity index (χ3v) is 4.51. The number of ether oxygens (including phenoxy) is 2. The van der Waals surface area contributed by atoms with Gasteiger partial charge in [-0.25, -0.2) is 9.07 Å². The van der Waals surface area contributed by atoms with Gasteiger partial charge in [0.2, 0.25) is 11.0 Å². The van der Waals surface area contributed by atoms with Crippen LogP contribution in [-0.2, 0) is 17.1 Å². The Balaban J connectivity index is 1.57. The lowest BCUT2D eigenvalue weighted by atomic mass is 10.1. The van der Waals surface area contributed by atoms with Gasteiger partial charge in [-0.15, -0.1) is 10.2 Å². The number of hydrogen-bond donors (Lipinski definition) is 1. The van der Waals surface area contributed by atoms with E-state index in [-0.39, 0.29) is 12.6 Å². The largest absolute Gasteiger partial charge is 0.467 e. The number of nitrogens with zero attached hydrogens (tertiary/aromatic N) is 3. The number of hydrogen-bond acceptors (Lipinski definition) is 7. The molecule has 0 amide bonds. The van der Waals surface area contributed by atoms with E-state index in [1.54, 1.807) is 12.1 Å². The molecule has 3 heterocycles. The van der Waals surface area contributed by atoms with Crippen molar-refractivity contribution >= 4 is 11.8 Å². The molecule has 0 saturated carbocycles.